The fraction of sp³-hybridized carbons (Fsp3) is 0.269. The van der Waals surface area contributed by atoms with Crippen LogP contribution in [0.2, 0.25) is 10.0 Å². The van der Waals surface area contributed by atoms with E-state index < -0.39 is 0 Å². The molecule has 0 bridgehead atoms. The quantitative estimate of drug-likeness (QED) is 0.389. The summed E-state index contributed by atoms with van der Waals surface area (Å²) in [6.45, 7) is 1.67. The van der Waals surface area contributed by atoms with Gasteiger partial charge in [-0.2, -0.15) is 9.97 Å². The summed E-state index contributed by atoms with van der Waals surface area (Å²) in [6.07, 6.45) is 4.76. The average molecular weight is 491 g/mol. The smallest absolute Gasteiger partial charge is 0.229 e. The van der Waals surface area contributed by atoms with Crippen molar-refractivity contribution in [3.05, 3.63) is 75.9 Å². The second-order valence-corrected chi connectivity index (χ2v) is 10.1. The largest absolute Gasteiger partial charge is 0.383 e. The number of nitrogen functional groups attached to an aromatic ring is 1. The molecule has 1 fully saturated rings. The van der Waals surface area contributed by atoms with E-state index in [2.05, 4.69) is 39.1 Å². The summed E-state index contributed by atoms with van der Waals surface area (Å²) >= 11 is 12.6. The molecule has 2 aliphatic rings. The lowest BCUT2D eigenvalue weighted by molar-refractivity contribution is 0.187. The molecule has 2 aromatic carbocycles. The first-order valence-corrected chi connectivity index (χ1v) is 12.2. The Morgan fingerprint density at radius 3 is 2.59 bits per heavy atom. The van der Waals surface area contributed by atoms with Crippen molar-refractivity contribution in [3.63, 3.8) is 0 Å². The number of nitrogens with zero attached hydrogens (tertiary/aromatic N) is 4. The van der Waals surface area contributed by atoms with Crippen molar-refractivity contribution in [1.29, 1.82) is 0 Å². The molecule has 172 valence electrons. The molecule has 6 rings (SSSR count). The predicted octanol–water partition coefficient (Wildman–Crippen LogP) is 5.42. The number of pyridine rings is 1. The van der Waals surface area contributed by atoms with E-state index >= 15 is 0 Å². The van der Waals surface area contributed by atoms with Gasteiger partial charge in [0.05, 0.1) is 15.4 Å². The van der Waals surface area contributed by atoms with E-state index in [0.29, 0.717) is 32.8 Å². The minimum atomic E-state index is 0.0758. The van der Waals surface area contributed by atoms with Crippen LogP contribution >= 0.6 is 23.2 Å². The number of hydrogen-bond acceptors (Lipinski definition) is 6. The molecule has 0 unspecified atom stereocenters. The van der Waals surface area contributed by atoms with Crippen LogP contribution in [0.15, 0.2) is 54.7 Å². The number of rotatable bonds is 2. The highest BCUT2D eigenvalue weighted by Crippen LogP contribution is 2.50. The lowest BCUT2D eigenvalue weighted by Gasteiger charge is -2.42. The van der Waals surface area contributed by atoms with Gasteiger partial charge >= 0.3 is 0 Å². The summed E-state index contributed by atoms with van der Waals surface area (Å²) < 4.78 is 0. The SMILES string of the molecule is Nc1nc(N2CCC3(CC2)Cc2ccccc2[C@H]3N)nc2ncc(-c3cccc(Cl)c3Cl)cc12. The molecular formula is C26H24Cl2N6. The van der Waals surface area contributed by atoms with Crippen LogP contribution in [0.5, 0.6) is 0 Å². The van der Waals surface area contributed by atoms with Gasteiger partial charge in [-0.15, -0.1) is 0 Å². The van der Waals surface area contributed by atoms with Gasteiger partial charge in [0.1, 0.15) is 5.82 Å². The molecule has 1 aliphatic heterocycles. The third-order valence-corrected chi connectivity index (χ3v) is 8.28. The van der Waals surface area contributed by atoms with Gasteiger partial charge in [0.2, 0.25) is 5.95 Å². The Labute approximate surface area is 207 Å². The lowest BCUT2D eigenvalue weighted by Crippen LogP contribution is -2.45. The molecule has 1 aliphatic carbocycles. The number of aromatic nitrogens is 3. The van der Waals surface area contributed by atoms with Crippen molar-refractivity contribution in [1.82, 2.24) is 15.0 Å². The first-order chi connectivity index (χ1) is 16.4. The van der Waals surface area contributed by atoms with Crippen molar-refractivity contribution < 1.29 is 0 Å². The fourth-order valence-corrected chi connectivity index (χ4v) is 5.91. The van der Waals surface area contributed by atoms with E-state index in [1.807, 2.05) is 18.2 Å². The molecule has 34 heavy (non-hydrogen) atoms. The maximum atomic E-state index is 6.72. The van der Waals surface area contributed by atoms with E-state index in [9.17, 15) is 0 Å². The first kappa shape index (κ1) is 21.6. The summed E-state index contributed by atoms with van der Waals surface area (Å²) in [6, 6.07) is 16.1. The molecule has 1 atom stereocenters. The number of anilines is 2. The Balaban J connectivity index is 1.26. The van der Waals surface area contributed by atoms with Crippen LogP contribution < -0.4 is 16.4 Å². The molecule has 1 spiro atoms. The number of halogens is 2. The zero-order valence-electron chi connectivity index (χ0n) is 18.5. The number of piperidine rings is 1. The number of benzene rings is 2. The van der Waals surface area contributed by atoms with Crippen molar-refractivity contribution in [2.24, 2.45) is 11.1 Å². The zero-order valence-corrected chi connectivity index (χ0v) is 20.0. The topological polar surface area (TPSA) is 94.0 Å². The molecule has 3 heterocycles. The highest BCUT2D eigenvalue weighted by molar-refractivity contribution is 6.43. The standard InChI is InChI=1S/C26H24Cl2N6/c27-20-7-3-6-17(21(20)28)16-12-19-23(30)32-25(33-24(19)31-14-16)34-10-8-26(9-11-34)13-15-4-1-2-5-18(15)22(26)29/h1-7,12,14,22H,8-11,13,29H2,(H2,30,31,32,33)/t22-/m1/s1. The molecule has 1 saturated heterocycles. The van der Waals surface area contributed by atoms with E-state index in [1.54, 1.807) is 12.3 Å². The molecule has 8 heteroatoms. The van der Waals surface area contributed by atoms with Gasteiger partial charge in [0.25, 0.3) is 0 Å². The van der Waals surface area contributed by atoms with Crippen molar-refractivity contribution in [2.75, 3.05) is 23.7 Å². The van der Waals surface area contributed by atoms with Gasteiger partial charge in [-0.1, -0.05) is 59.6 Å². The molecule has 6 nitrogen and oxygen atoms in total. The minimum Gasteiger partial charge on any atom is -0.383 e. The third kappa shape index (κ3) is 3.40. The highest BCUT2D eigenvalue weighted by atomic mass is 35.5. The summed E-state index contributed by atoms with van der Waals surface area (Å²) in [5.74, 6) is 1.02. The Hall–Kier alpha value is -2.93. The first-order valence-electron chi connectivity index (χ1n) is 11.4. The van der Waals surface area contributed by atoms with Crippen molar-refractivity contribution in [2.45, 2.75) is 25.3 Å². The van der Waals surface area contributed by atoms with Crippen molar-refractivity contribution in [3.8, 4) is 11.1 Å². The van der Waals surface area contributed by atoms with E-state index in [0.717, 1.165) is 43.5 Å². The molecular weight excluding hydrogens is 467 g/mol. The molecule has 0 amide bonds. The normalized spacial score (nSPS) is 19.0. The van der Waals surface area contributed by atoms with E-state index in [-0.39, 0.29) is 11.5 Å². The predicted molar refractivity (Wildman–Crippen MR) is 138 cm³/mol. The number of nitrogens with two attached hydrogens (primary N) is 2. The molecule has 4 aromatic rings. The van der Waals surface area contributed by atoms with Crippen LogP contribution in [0.4, 0.5) is 11.8 Å². The Morgan fingerprint density at radius 1 is 1.00 bits per heavy atom. The molecule has 0 radical (unpaired) electrons. The van der Waals surface area contributed by atoms with Gasteiger partial charge in [-0.25, -0.2) is 4.98 Å². The minimum absolute atomic E-state index is 0.0758. The van der Waals surface area contributed by atoms with Gasteiger partial charge in [0.15, 0.2) is 5.65 Å². The van der Waals surface area contributed by atoms with Crippen LogP contribution in [0.1, 0.15) is 30.0 Å². The van der Waals surface area contributed by atoms with Gasteiger partial charge in [-0.05, 0) is 47.9 Å². The fourth-order valence-electron chi connectivity index (χ4n) is 5.50. The molecule has 0 saturated carbocycles. The average Bonchev–Trinajstić information content (AvgIpc) is 3.12. The highest BCUT2D eigenvalue weighted by Gasteiger charge is 2.46. The maximum Gasteiger partial charge on any atom is 0.229 e. The second kappa shape index (κ2) is 8.08. The molecule has 2 aromatic heterocycles. The van der Waals surface area contributed by atoms with Crippen LogP contribution in [0.25, 0.3) is 22.2 Å². The Kier molecular flexibility index (Phi) is 5.13. The van der Waals surface area contributed by atoms with Crippen LogP contribution in [-0.2, 0) is 6.42 Å². The summed E-state index contributed by atoms with van der Waals surface area (Å²) in [7, 11) is 0. The molecule has 4 N–H and O–H groups in total. The summed E-state index contributed by atoms with van der Waals surface area (Å²) in [5, 5.41) is 1.67. The van der Waals surface area contributed by atoms with Crippen molar-refractivity contribution >= 4 is 46.0 Å². The van der Waals surface area contributed by atoms with Gasteiger partial charge < -0.3 is 16.4 Å². The van der Waals surface area contributed by atoms with Gasteiger partial charge in [0, 0.05) is 36.5 Å². The van der Waals surface area contributed by atoms with E-state index in [1.165, 1.54) is 11.1 Å². The second-order valence-electron chi connectivity index (χ2n) is 9.31. The van der Waals surface area contributed by atoms with Crippen LogP contribution in [0, 0.1) is 5.41 Å². The van der Waals surface area contributed by atoms with Crippen LogP contribution in [-0.4, -0.2) is 28.0 Å². The number of fused-ring (bicyclic) bond motifs is 2. The monoisotopic (exact) mass is 490 g/mol. The van der Waals surface area contributed by atoms with Gasteiger partial charge in [-0.3, -0.25) is 0 Å². The lowest BCUT2D eigenvalue weighted by atomic mass is 9.73. The van der Waals surface area contributed by atoms with Crippen LogP contribution in [0.3, 0.4) is 0 Å². The van der Waals surface area contributed by atoms with E-state index in [4.69, 9.17) is 39.7 Å². The maximum absolute atomic E-state index is 6.72. The Bertz CT molecular complexity index is 1410. The third-order valence-electron chi connectivity index (χ3n) is 7.47. The number of hydrogen-bond donors (Lipinski definition) is 2. The zero-order chi connectivity index (χ0) is 23.4. The summed E-state index contributed by atoms with van der Waals surface area (Å²) in [4.78, 5) is 16.1. The Morgan fingerprint density at radius 2 is 1.79 bits per heavy atom. The summed E-state index contributed by atoms with van der Waals surface area (Å²) in [5.41, 5.74) is 18.1.